The van der Waals surface area contributed by atoms with Crippen LogP contribution in [-0.2, 0) is 26.8 Å². The first kappa shape index (κ1) is 21.8. The first-order chi connectivity index (χ1) is 14.7. The quantitative estimate of drug-likeness (QED) is 0.395. The van der Waals surface area contributed by atoms with Gasteiger partial charge in [0.25, 0.3) is 0 Å². The molecule has 0 aliphatic carbocycles. The third-order valence-electron chi connectivity index (χ3n) is 6.48. The van der Waals surface area contributed by atoms with Crippen molar-refractivity contribution >= 4 is 34.3 Å². The van der Waals surface area contributed by atoms with Crippen molar-refractivity contribution in [3.8, 4) is 0 Å². The highest BCUT2D eigenvalue weighted by Gasteiger charge is 2.39. The molecule has 2 aromatic rings. The van der Waals surface area contributed by atoms with Crippen LogP contribution in [0.4, 0.5) is 10.8 Å². The van der Waals surface area contributed by atoms with Gasteiger partial charge >= 0.3 is 5.97 Å². The van der Waals surface area contributed by atoms with E-state index in [4.69, 9.17) is 4.74 Å². The van der Waals surface area contributed by atoms with Gasteiger partial charge in [0.15, 0.2) is 0 Å². The fraction of sp³-hybridized carbons (Fsp3) is 0.542. The van der Waals surface area contributed by atoms with Crippen LogP contribution in [0.1, 0.15) is 69.8 Å². The minimum absolute atomic E-state index is 0.155. The molecule has 1 N–H and O–H groups in total. The Labute approximate surface area is 188 Å². The number of aromatic nitrogens is 1. The second-order valence-corrected chi connectivity index (χ2v) is 10.6. The van der Waals surface area contributed by atoms with Crippen LogP contribution in [0.25, 0.3) is 0 Å². The van der Waals surface area contributed by atoms with Gasteiger partial charge in [0, 0.05) is 24.2 Å². The van der Waals surface area contributed by atoms with E-state index in [2.05, 4.69) is 60.2 Å². The smallest absolute Gasteiger partial charge is 0.311 e. The van der Waals surface area contributed by atoms with Crippen LogP contribution in [-0.4, -0.2) is 36.9 Å². The van der Waals surface area contributed by atoms with Gasteiger partial charge in [-0.2, -0.15) is 5.10 Å². The van der Waals surface area contributed by atoms with Gasteiger partial charge in [-0.05, 0) is 59.4 Å². The Hall–Kier alpha value is -2.41. The molecule has 166 valence electrons. The Morgan fingerprint density at radius 3 is 2.48 bits per heavy atom. The van der Waals surface area contributed by atoms with Gasteiger partial charge in [-0.15, -0.1) is 11.3 Å². The Balaban J connectivity index is 1.55. The summed E-state index contributed by atoms with van der Waals surface area (Å²) in [5.41, 5.74) is 9.43. The summed E-state index contributed by atoms with van der Waals surface area (Å²) in [6, 6.07) is 4.59. The summed E-state index contributed by atoms with van der Waals surface area (Å²) in [5, 5.41) is 6.97. The first-order valence-electron chi connectivity index (χ1n) is 11.0. The van der Waals surface area contributed by atoms with Crippen molar-refractivity contribution in [2.45, 2.75) is 64.7 Å². The number of hydrogen-bond donors (Lipinski definition) is 1. The molecule has 0 saturated heterocycles. The number of benzene rings is 1. The van der Waals surface area contributed by atoms with Crippen LogP contribution < -0.4 is 10.3 Å². The summed E-state index contributed by atoms with van der Waals surface area (Å²) in [6.45, 7) is 13.8. The molecule has 6 nitrogen and oxygen atoms in total. The molecule has 0 atom stereocenters. The number of carbonyl (C=O) groups is 1. The molecular weight excluding hydrogens is 408 g/mol. The molecular formula is C24H32N4O2S. The minimum atomic E-state index is -0.259. The van der Waals surface area contributed by atoms with Crippen molar-refractivity contribution in [2.24, 2.45) is 5.10 Å². The standard InChI is InChI=1S/C24H32N4O2S/c1-6-30-20(29)13-17-15-31-22(26-17)27-25-14-16-11-18-21-19(12-16)24(4,5)8-10-28(21)9-7-23(18,2)3/h11-12,14-15H,6-10,13H2,1-5H3,(H,26,27). The maximum absolute atomic E-state index is 11.6. The molecule has 7 heteroatoms. The third-order valence-corrected chi connectivity index (χ3v) is 7.27. The number of thiazole rings is 1. The van der Waals surface area contributed by atoms with Crippen molar-refractivity contribution in [1.29, 1.82) is 0 Å². The van der Waals surface area contributed by atoms with E-state index in [0.29, 0.717) is 17.4 Å². The molecule has 1 aromatic heterocycles. The molecule has 3 heterocycles. The third kappa shape index (κ3) is 4.47. The molecule has 1 aromatic carbocycles. The number of esters is 1. The summed E-state index contributed by atoms with van der Waals surface area (Å²) in [5.74, 6) is -0.259. The molecule has 31 heavy (non-hydrogen) atoms. The Morgan fingerprint density at radius 2 is 1.87 bits per heavy atom. The second-order valence-electron chi connectivity index (χ2n) is 9.72. The van der Waals surface area contributed by atoms with Gasteiger partial charge in [-0.3, -0.25) is 10.2 Å². The lowest BCUT2D eigenvalue weighted by Crippen LogP contribution is -2.44. The van der Waals surface area contributed by atoms with Crippen LogP contribution in [0.15, 0.2) is 22.6 Å². The predicted molar refractivity (Wildman–Crippen MR) is 128 cm³/mol. The van der Waals surface area contributed by atoms with Gasteiger partial charge in [0.2, 0.25) is 5.13 Å². The highest BCUT2D eigenvalue weighted by atomic mass is 32.1. The van der Waals surface area contributed by atoms with Crippen LogP contribution in [0, 0.1) is 0 Å². The van der Waals surface area contributed by atoms with E-state index in [1.165, 1.54) is 41.0 Å². The lowest BCUT2D eigenvalue weighted by atomic mass is 9.69. The van der Waals surface area contributed by atoms with Crippen molar-refractivity contribution in [1.82, 2.24) is 4.98 Å². The Kier molecular flexibility index (Phi) is 5.81. The van der Waals surface area contributed by atoms with E-state index in [0.717, 1.165) is 18.7 Å². The molecule has 2 aliphatic rings. The highest BCUT2D eigenvalue weighted by molar-refractivity contribution is 7.13. The topological polar surface area (TPSA) is 66.8 Å². The molecule has 0 fully saturated rings. The van der Waals surface area contributed by atoms with E-state index in [1.807, 2.05) is 11.6 Å². The fourth-order valence-corrected chi connectivity index (χ4v) is 5.16. The van der Waals surface area contributed by atoms with Crippen molar-refractivity contribution in [3.63, 3.8) is 0 Å². The molecule has 0 radical (unpaired) electrons. The SMILES string of the molecule is CCOC(=O)Cc1csc(NN=Cc2cc3c4c(c2)C(C)(C)CCN4CCC3(C)C)n1. The molecule has 2 aliphatic heterocycles. The molecule has 0 unspecified atom stereocenters. The number of hydrazone groups is 1. The van der Waals surface area contributed by atoms with Crippen LogP contribution in [0.5, 0.6) is 0 Å². The van der Waals surface area contributed by atoms with Gasteiger partial charge in [-0.25, -0.2) is 4.98 Å². The Morgan fingerprint density at radius 1 is 1.23 bits per heavy atom. The number of ether oxygens (including phenoxy) is 1. The van der Waals surface area contributed by atoms with Gasteiger partial charge < -0.3 is 9.64 Å². The average molecular weight is 441 g/mol. The maximum atomic E-state index is 11.6. The van der Waals surface area contributed by atoms with Crippen LogP contribution >= 0.6 is 11.3 Å². The number of hydrogen-bond acceptors (Lipinski definition) is 7. The number of anilines is 2. The first-order valence-corrected chi connectivity index (χ1v) is 11.9. The zero-order chi connectivity index (χ0) is 22.2. The van der Waals surface area contributed by atoms with Crippen LogP contribution in [0.3, 0.4) is 0 Å². The maximum Gasteiger partial charge on any atom is 0.311 e. The van der Waals surface area contributed by atoms with Gasteiger partial charge in [0.1, 0.15) is 0 Å². The van der Waals surface area contributed by atoms with Crippen molar-refractivity contribution in [2.75, 3.05) is 30.0 Å². The number of rotatable bonds is 6. The summed E-state index contributed by atoms with van der Waals surface area (Å²) in [7, 11) is 0. The zero-order valence-electron chi connectivity index (χ0n) is 19.1. The largest absolute Gasteiger partial charge is 0.466 e. The summed E-state index contributed by atoms with van der Waals surface area (Å²) in [6.07, 6.45) is 4.40. The average Bonchev–Trinajstić information content (AvgIpc) is 3.14. The Bertz CT molecular complexity index is 968. The number of nitrogens with zero attached hydrogens (tertiary/aromatic N) is 3. The monoisotopic (exact) mass is 440 g/mol. The number of nitrogens with one attached hydrogen (secondary N) is 1. The van der Waals surface area contributed by atoms with Gasteiger partial charge in [-0.1, -0.05) is 27.7 Å². The van der Waals surface area contributed by atoms with E-state index in [1.54, 1.807) is 6.92 Å². The molecule has 4 rings (SSSR count). The normalized spacial score (nSPS) is 18.7. The minimum Gasteiger partial charge on any atom is -0.466 e. The van der Waals surface area contributed by atoms with E-state index < -0.39 is 0 Å². The lowest BCUT2D eigenvalue weighted by Gasteiger charge is -2.48. The fourth-order valence-electron chi connectivity index (χ4n) is 4.50. The van der Waals surface area contributed by atoms with E-state index in [-0.39, 0.29) is 23.2 Å². The summed E-state index contributed by atoms with van der Waals surface area (Å²) < 4.78 is 4.98. The number of carbonyl (C=O) groups excluding carboxylic acids is 1. The molecule has 0 bridgehead atoms. The van der Waals surface area contributed by atoms with Crippen molar-refractivity contribution in [3.05, 3.63) is 39.9 Å². The zero-order valence-corrected chi connectivity index (χ0v) is 19.9. The van der Waals surface area contributed by atoms with E-state index in [9.17, 15) is 4.79 Å². The van der Waals surface area contributed by atoms with Crippen LogP contribution in [0.2, 0.25) is 0 Å². The molecule has 0 spiro atoms. The predicted octanol–water partition coefficient (Wildman–Crippen LogP) is 4.86. The molecule has 0 amide bonds. The molecule has 0 saturated carbocycles. The van der Waals surface area contributed by atoms with Crippen molar-refractivity contribution < 1.29 is 9.53 Å². The van der Waals surface area contributed by atoms with E-state index >= 15 is 0 Å². The van der Waals surface area contributed by atoms with Gasteiger partial charge in [0.05, 0.1) is 24.9 Å². The highest BCUT2D eigenvalue weighted by Crippen LogP contribution is 2.49. The summed E-state index contributed by atoms with van der Waals surface area (Å²) in [4.78, 5) is 18.6. The lowest BCUT2D eigenvalue weighted by molar-refractivity contribution is -0.142. The summed E-state index contributed by atoms with van der Waals surface area (Å²) >= 11 is 1.43. The second kappa shape index (κ2) is 8.26.